The Bertz CT molecular complexity index is 325. The maximum atomic E-state index is 10.3. The molecule has 0 bridgehead atoms. The quantitative estimate of drug-likeness (QED) is 0.724. The lowest BCUT2D eigenvalue weighted by Gasteiger charge is -2.45. The summed E-state index contributed by atoms with van der Waals surface area (Å²) < 4.78 is 5.25. The molecule has 20 heavy (non-hydrogen) atoms. The summed E-state index contributed by atoms with van der Waals surface area (Å²) in [5, 5.41) is 10.3. The molecule has 0 radical (unpaired) electrons. The largest absolute Gasteiger partial charge is 0.502 e. The van der Waals surface area contributed by atoms with Gasteiger partial charge in [0, 0.05) is 0 Å². The molecule has 2 nitrogen and oxygen atoms in total. The third kappa shape index (κ3) is 3.21. The molecule has 0 saturated heterocycles. The SMILES string of the molecule is CCOC=CCC[C@@H](C)[C@H]1CC[C@H]2[C@@H](O)CCC[C@]12C. The van der Waals surface area contributed by atoms with Gasteiger partial charge in [-0.2, -0.15) is 0 Å². The maximum absolute atomic E-state index is 10.3. The molecule has 0 amide bonds. The second kappa shape index (κ2) is 6.98. The number of ether oxygens (including phenoxy) is 1. The van der Waals surface area contributed by atoms with Crippen molar-refractivity contribution in [2.75, 3.05) is 6.61 Å². The van der Waals surface area contributed by atoms with E-state index >= 15 is 0 Å². The van der Waals surface area contributed by atoms with E-state index in [9.17, 15) is 5.11 Å². The van der Waals surface area contributed by atoms with Crippen molar-refractivity contribution in [1.29, 1.82) is 0 Å². The fourth-order valence-electron chi connectivity index (χ4n) is 4.92. The second-order valence-electron chi connectivity index (χ2n) is 7.14. The van der Waals surface area contributed by atoms with Gasteiger partial charge in [0.2, 0.25) is 0 Å². The van der Waals surface area contributed by atoms with Gasteiger partial charge in [0.25, 0.3) is 0 Å². The Labute approximate surface area is 124 Å². The van der Waals surface area contributed by atoms with Crippen molar-refractivity contribution in [2.24, 2.45) is 23.2 Å². The third-order valence-corrected chi connectivity index (χ3v) is 6.00. The molecule has 5 atom stereocenters. The van der Waals surface area contributed by atoms with Crippen LogP contribution in [0.1, 0.15) is 65.7 Å². The highest BCUT2D eigenvalue weighted by Crippen LogP contribution is 2.58. The van der Waals surface area contributed by atoms with Crippen LogP contribution in [0.4, 0.5) is 0 Å². The lowest BCUT2D eigenvalue weighted by molar-refractivity contribution is -0.0275. The van der Waals surface area contributed by atoms with Gasteiger partial charge in [-0.1, -0.05) is 20.3 Å². The van der Waals surface area contributed by atoms with Gasteiger partial charge >= 0.3 is 0 Å². The highest BCUT2D eigenvalue weighted by atomic mass is 16.5. The molecule has 1 N–H and O–H groups in total. The van der Waals surface area contributed by atoms with Crippen molar-refractivity contribution in [3.8, 4) is 0 Å². The topological polar surface area (TPSA) is 29.5 Å². The summed E-state index contributed by atoms with van der Waals surface area (Å²) in [6.45, 7) is 7.63. The monoisotopic (exact) mass is 280 g/mol. The Morgan fingerprint density at radius 3 is 2.90 bits per heavy atom. The van der Waals surface area contributed by atoms with E-state index in [2.05, 4.69) is 19.9 Å². The minimum absolute atomic E-state index is 0.0381. The summed E-state index contributed by atoms with van der Waals surface area (Å²) >= 11 is 0. The van der Waals surface area contributed by atoms with Crippen LogP contribution < -0.4 is 0 Å². The van der Waals surface area contributed by atoms with Crippen LogP contribution in [0.5, 0.6) is 0 Å². The molecule has 2 aliphatic carbocycles. The number of fused-ring (bicyclic) bond motifs is 1. The molecule has 2 saturated carbocycles. The first-order valence-electron chi connectivity index (χ1n) is 8.54. The van der Waals surface area contributed by atoms with E-state index in [-0.39, 0.29) is 6.10 Å². The van der Waals surface area contributed by atoms with Gasteiger partial charge in [-0.15, -0.1) is 0 Å². The van der Waals surface area contributed by atoms with E-state index in [0.29, 0.717) is 11.3 Å². The van der Waals surface area contributed by atoms with E-state index in [1.165, 1.54) is 32.1 Å². The molecular formula is C18H32O2. The zero-order valence-electron chi connectivity index (χ0n) is 13.5. The highest BCUT2D eigenvalue weighted by molar-refractivity contribution is 5.01. The number of aliphatic hydroxyl groups excluding tert-OH is 1. The van der Waals surface area contributed by atoms with Crippen molar-refractivity contribution in [2.45, 2.75) is 71.8 Å². The Kier molecular flexibility index (Phi) is 5.54. The summed E-state index contributed by atoms with van der Waals surface area (Å²) in [6.07, 6.45) is 12.4. The van der Waals surface area contributed by atoms with Crippen molar-refractivity contribution in [3.05, 3.63) is 12.3 Å². The van der Waals surface area contributed by atoms with Crippen molar-refractivity contribution < 1.29 is 9.84 Å². The molecule has 0 aromatic carbocycles. The fourth-order valence-corrected chi connectivity index (χ4v) is 4.92. The van der Waals surface area contributed by atoms with Crippen LogP contribution >= 0.6 is 0 Å². The number of rotatable bonds is 6. The van der Waals surface area contributed by atoms with Crippen LogP contribution in [0.3, 0.4) is 0 Å². The fraction of sp³-hybridized carbons (Fsp3) is 0.889. The first-order chi connectivity index (χ1) is 9.59. The Hall–Kier alpha value is -0.500. The van der Waals surface area contributed by atoms with Gasteiger partial charge in [-0.3, -0.25) is 0 Å². The minimum atomic E-state index is -0.0381. The lowest BCUT2D eigenvalue weighted by Crippen LogP contribution is -2.41. The molecule has 0 unspecified atom stereocenters. The number of hydrogen-bond acceptors (Lipinski definition) is 2. The van der Waals surface area contributed by atoms with Crippen LogP contribution in [0.15, 0.2) is 12.3 Å². The van der Waals surface area contributed by atoms with Gasteiger partial charge in [0.05, 0.1) is 19.0 Å². The average molecular weight is 280 g/mol. The number of hydrogen-bond donors (Lipinski definition) is 1. The molecule has 0 spiro atoms. The van der Waals surface area contributed by atoms with Crippen molar-refractivity contribution in [1.82, 2.24) is 0 Å². The van der Waals surface area contributed by atoms with E-state index in [1.807, 2.05) is 13.2 Å². The Morgan fingerprint density at radius 1 is 1.35 bits per heavy atom. The molecule has 2 heteroatoms. The first-order valence-corrected chi connectivity index (χ1v) is 8.54. The zero-order chi connectivity index (χ0) is 14.6. The molecule has 0 aromatic rings. The molecule has 0 aromatic heterocycles. The van der Waals surface area contributed by atoms with Gasteiger partial charge in [0.15, 0.2) is 0 Å². The summed E-state index contributed by atoms with van der Waals surface area (Å²) in [5.41, 5.74) is 0.390. The minimum Gasteiger partial charge on any atom is -0.502 e. The van der Waals surface area contributed by atoms with Gasteiger partial charge < -0.3 is 9.84 Å². The zero-order valence-corrected chi connectivity index (χ0v) is 13.5. The number of aliphatic hydroxyl groups is 1. The molecule has 2 rings (SSSR count). The highest BCUT2D eigenvalue weighted by Gasteiger charge is 2.51. The molecule has 2 fully saturated rings. The van der Waals surface area contributed by atoms with Crippen LogP contribution in [0.25, 0.3) is 0 Å². The van der Waals surface area contributed by atoms with Crippen molar-refractivity contribution in [3.63, 3.8) is 0 Å². The van der Waals surface area contributed by atoms with Crippen LogP contribution in [0.2, 0.25) is 0 Å². The van der Waals surface area contributed by atoms with Crippen molar-refractivity contribution >= 4 is 0 Å². The summed E-state index contributed by atoms with van der Waals surface area (Å²) in [4.78, 5) is 0. The summed E-state index contributed by atoms with van der Waals surface area (Å²) in [5.74, 6) is 2.10. The first kappa shape index (κ1) is 15.9. The molecular weight excluding hydrogens is 248 g/mol. The molecule has 2 aliphatic rings. The normalized spacial score (nSPS) is 38.9. The van der Waals surface area contributed by atoms with Gasteiger partial charge in [0.1, 0.15) is 0 Å². The summed E-state index contributed by atoms with van der Waals surface area (Å²) in [6, 6.07) is 0. The molecule has 0 aliphatic heterocycles. The standard InChI is InChI=1S/C18H32O2/c1-4-20-13-6-5-8-14(2)15-10-11-16-17(19)9-7-12-18(15,16)3/h6,13-17,19H,4-5,7-12H2,1-3H3/t14-,15-,16+,17+,18-/m1/s1. The number of allylic oxidation sites excluding steroid dienone is 1. The molecule has 116 valence electrons. The van der Waals surface area contributed by atoms with Crippen LogP contribution in [-0.4, -0.2) is 17.8 Å². The average Bonchev–Trinajstić information content (AvgIpc) is 2.77. The van der Waals surface area contributed by atoms with Crippen LogP contribution in [0, 0.1) is 23.2 Å². The van der Waals surface area contributed by atoms with E-state index in [4.69, 9.17) is 4.74 Å². The van der Waals surface area contributed by atoms with Gasteiger partial charge in [-0.25, -0.2) is 0 Å². The molecule has 0 heterocycles. The van der Waals surface area contributed by atoms with Crippen LogP contribution in [-0.2, 0) is 4.74 Å². The van der Waals surface area contributed by atoms with Gasteiger partial charge in [-0.05, 0) is 74.7 Å². The predicted octanol–water partition coefficient (Wildman–Crippen LogP) is 4.53. The Balaban J connectivity index is 1.88. The summed E-state index contributed by atoms with van der Waals surface area (Å²) in [7, 11) is 0. The van der Waals surface area contributed by atoms with E-state index in [0.717, 1.165) is 31.3 Å². The lowest BCUT2D eigenvalue weighted by atomic mass is 9.61. The maximum Gasteiger partial charge on any atom is 0.0845 e. The second-order valence-corrected chi connectivity index (χ2v) is 7.14. The van der Waals surface area contributed by atoms with E-state index < -0.39 is 0 Å². The third-order valence-electron chi connectivity index (χ3n) is 6.00. The smallest absolute Gasteiger partial charge is 0.0845 e. The Morgan fingerprint density at radius 2 is 2.15 bits per heavy atom. The van der Waals surface area contributed by atoms with E-state index in [1.54, 1.807) is 0 Å². The predicted molar refractivity (Wildman–Crippen MR) is 83.3 cm³/mol.